The lowest BCUT2D eigenvalue weighted by atomic mass is 9.87. The van der Waals surface area contributed by atoms with Gasteiger partial charge in [-0.25, -0.2) is 0 Å². The van der Waals surface area contributed by atoms with E-state index in [4.69, 9.17) is 4.74 Å². The van der Waals surface area contributed by atoms with Gasteiger partial charge >= 0.3 is 0 Å². The molecule has 3 heteroatoms. The van der Waals surface area contributed by atoms with Gasteiger partial charge in [0.1, 0.15) is 17.5 Å². The standard InChI is InChI=1S/C11H17NO2/c1-11(2,3)10(13)9-8(14-4)6-5-7-12-9/h5-7,10,13H,1-4H3. The molecule has 0 aliphatic rings. The molecule has 1 N–H and O–H groups in total. The summed E-state index contributed by atoms with van der Waals surface area (Å²) in [7, 11) is 1.58. The zero-order valence-electron chi connectivity index (χ0n) is 9.11. The highest BCUT2D eigenvalue weighted by Gasteiger charge is 2.27. The predicted molar refractivity (Wildman–Crippen MR) is 55.2 cm³/mol. The van der Waals surface area contributed by atoms with Gasteiger partial charge in [-0.05, 0) is 17.5 Å². The number of nitrogens with zero attached hydrogens (tertiary/aromatic N) is 1. The third-order valence-electron chi connectivity index (χ3n) is 2.10. The van der Waals surface area contributed by atoms with E-state index in [0.29, 0.717) is 11.4 Å². The molecule has 3 nitrogen and oxygen atoms in total. The molecule has 0 aromatic carbocycles. The predicted octanol–water partition coefficient (Wildman–Crippen LogP) is 2.17. The molecular formula is C11H17NO2. The lowest BCUT2D eigenvalue weighted by molar-refractivity contribution is 0.0565. The van der Waals surface area contributed by atoms with Gasteiger partial charge in [0, 0.05) is 6.20 Å². The first-order valence-electron chi connectivity index (χ1n) is 4.64. The summed E-state index contributed by atoms with van der Waals surface area (Å²) in [6.45, 7) is 5.89. The maximum absolute atomic E-state index is 10.0. The Morgan fingerprint density at radius 3 is 2.57 bits per heavy atom. The summed E-state index contributed by atoms with van der Waals surface area (Å²) in [5.74, 6) is 0.634. The van der Waals surface area contributed by atoms with Crippen molar-refractivity contribution in [3.05, 3.63) is 24.0 Å². The van der Waals surface area contributed by atoms with Crippen LogP contribution in [0.3, 0.4) is 0 Å². The highest BCUT2D eigenvalue weighted by atomic mass is 16.5. The van der Waals surface area contributed by atoms with Crippen LogP contribution in [0, 0.1) is 5.41 Å². The number of aliphatic hydroxyl groups is 1. The Hall–Kier alpha value is -1.09. The highest BCUT2D eigenvalue weighted by molar-refractivity contribution is 5.29. The van der Waals surface area contributed by atoms with Crippen molar-refractivity contribution in [3.63, 3.8) is 0 Å². The number of ether oxygens (including phenoxy) is 1. The van der Waals surface area contributed by atoms with Crippen LogP contribution in [0.1, 0.15) is 32.6 Å². The van der Waals surface area contributed by atoms with Gasteiger partial charge in [0.05, 0.1) is 7.11 Å². The molecule has 0 spiro atoms. The zero-order valence-corrected chi connectivity index (χ0v) is 9.11. The van der Waals surface area contributed by atoms with Crippen molar-refractivity contribution >= 4 is 0 Å². The zero-order chi connectivity index (χ0) is 10.8. The highest BCUT2D eigenvalue weighted by Crippen LogP contribution is 2.35. The normalized spacial score (nSPS) is 13.8. The van der Waals surface area contributed by atoms with Crippen LogP contribution in [0.15, 0.2) is 18.3 Å². The summed E-state index contributed by atoms with van der Waals surface area (Å²) in [5, 5.41) is 10.0. The minimum absolute atomic E-state index is 0.234. The van der Waals surface area contributed by atoms with Crippen LogP contribution in [0.2, 0.25) is 0 Å². The van der Waals surface area contributed by atoms with E-state index in [-0.39, 0.29) is 5.41 Å². The van der Waals surface area contributed by atoms with Gasteiger partial charge in [-0.2, -0.15) is 0 Å². The first-order chi connectivity index (χ1) is 6.46. The van der Waals surface area contributed by atoms with Crippen molar-refractivity contribution in [1.82, 2.24) is 4.98 Å². The van der Waals surface area contributed by atoms with E-state index >= 15 is 0 Å². The van der Waals surface area contributed by atoms with Crippen molar-refractivity contribution in [1.29, 1.82) is 0 Å². The number of hydrogen-bond donors (Lipinski definition) is 1. The minimum atomic E-state index is -0.612. The van der Waals surface area contributed by atoms with E-state index in [2.05, 4.69) is 4.98 Å². The molecule has 1 atom stereocenters. The Kier molecular flexibility index (Phi) is 3.11. The topological polar surface area (TPSA) is 42.4 Å². The molecule has 0 radical (unpaired) electrons. The average Bonchev–Trinajstić information content (AvgIpc) is 2.15. The maximum Gasteiger partial charge on any atom is 0.143 e. The fourth-order valence-electron chi connectivity index (χ4n) is 1.19. The van der Waals surface area contributed by atoms with Crippen LogP contribution in [-0.2, 0) is 0 Å². The molecule has 0 amide bonds. The lowest BCUT2D eigenvalue weighted by Crippen LogP contribution is -2.19. The van der Waals surface area contributed by atoms with Crippen LogP contribution < -0.4 is 4.74 Å². The molecule has 1 unspecified atom stereocenters. The van der Waals surface area contributed by atoms with Gasteiger partial charge < -0.3 is 9.84 Å². The maximum atomic E-state index is 10.0. The molecule has 0 fully saturated rings. The van der Waals surface area contributed by atoms with E-state index in [9.17, 15) is 5.11 Å². The molecule has 1 rings (SSSR count). The second-order valence-electron chi connectivity index (χ2n) is 4.36. The van der Waals surface area contributed by atoms with Crippen molar-refractivity contribution in [2.75, 3.05) is 7.11 Å². The van der Waals surface area contributed by atoms with Gasteiger partial charge in [0.15, 0.2) is 0 Å². The molecule has 1 aromatic rings. The molecular weight excluding hydrogens is 178 g/mol. The Morgan fingerprint density at radius 1 is 1.43 bits per heavy atom. The number of hydrogen-bond acceptors (Lipinski definition) is 3. The molecule has 0 aliphatic carbocycles. The quantitative estimate of drug-likeness (QED) is 0.786. The Morgan fingerprint density at radius 2 is 2.07 bits per heavy atom. The van der Waals surface area contributed by atoms with Gasteiger partial charge in [-0.1, -0.05) is 20.8 Å². The Bertz CT molecular complexity index is 304. The molecule has 0 aliphatic heterocycles. The molecule has 14 heavy (non-hydrogen) atoms. The summed E-state index contributed by atoms with van der Waals surface area (Å²) in [6.07, 6.45) is 1.05. The van der Waals surface area contributed by atoms with Crippen molar-refractivity contribution in [2.45, 2.75) is 26.9 Å². The average molecular weight is 195 g/mol. The Labute approximate surface area is 84.7 Å². The molecule has 0 saturated carbocycles. The fraction of sp³-hybridized carbons (Fsp3) is 0.545. The molecule has 0 bridgehead atoms. The number of aliphatic hydroxyl groups excluding tert-OH is 1. The van der Waals surface area contributed by atoms with Gasteiger partial charge in [-0.3, -0.25) is 4.98 Å². The van der Waals surface area contributed by atoms with E-state index in [0.717, 1.165) is 0 Å². The van der Waals surface area contributed by atoms with Crippen LogP contribution >= 0.6 is 0 Å². The molecule has 0 saturated heterocycles. The first kappa shape index (κ1) is 11.0. The van der Waals surface area contributed by atoms with Crippen molar-refractivity contribution in [3.8, 4) is 5.75 Å². The van der Waals surface area contributed by atoms with Crippen LogP contribution in [0.4, 0.5) is 0 Å². The van der Waals surface area contributed by atoms with Crippen LogP contribution in [0.25, 0.3) is 0 Å². The van der Waals surface area contributed by atoms with Gasteiger partial charge in [-0.15, -0.1) is 0 Å². The van der Waals surface area contributed by atoms with Crippen LogP contribution in [-0.4, -0.2) is 17.2 Å². The SMILES string of the molecule is COc1cccnc1C(O)C(C)(C)C. The summed E-state index contributed by atoms with van der Waals surface area (Å²) in [4.78, 5) is 4.14. The van der Waals surface area contributed by atoms with Gasteiger partial charge in [0.25, 0.3) is 0 Å². The second-order valence-corrected chi connectivity index (χ2v) is 4.36. The monoisotopic (exact) mass is 195 g/mol. The van der Waals surface area contributed by atoms with E-state index in [1.54, 1.807) is 25.4 Å². The first-order valence-corrected chi connectivity index (χ1v) is 4.64. The Balaban J connectivity index is 3.06. The van der Waals surface area contributed by atoms with Crippen LogP contribution in [0.5, 0.6) is 5.75 Å². The summed E-state index contributed by atoms with van der Waals surface area (Å²) >= 11 is 0. The number of pyridine rings is 1. The van der Waals surface area contributed by atoms with E-state index < -0.39 is 6.10 Å². The summed E-state index contributed by atoms with van der Waals surface area (Å²) in [5.41, 5.74) is 0.365. The van der Waals surface area contributed by atoms with Crippen molar-refractivity contribution in [2.24, 2.45) is 5.41 Å². The number of aromatic nitrogens is 1. The third-order valence-corrected chi connectivity index (χ3v) is 2.10. The fourth-order valence-corrected chi connectivity index (χ4v) is 1.19. The number of rotatable bonds is 2. The molecule has 1 aromatic heterocycles. The summed E-state index contributed by atoms with van der Waals surface area (Å²) in [6, 6.07) is 3.59. The molecule has 1 heterocycles. The summed E-state index contributed by atoms with van der Waals surface area (Å²) < 4.78 is 5.14. The van der Waals surface area contributed by atoms with Crippen molar-refractivity contribution < 1.29 is 9.84 Å². The smallest absolute Gasteiger partial charge is 0.143 e. The second kappa shape index (κ2) is 3.96. The van der Waals surface area contributed by atoms with Gasteiger partial charge in [0.2, 0.25) is 0 Å². The van der Waals surface area contributed by atoms with E-state index in [1.807, 2.05) is 20.8 Å². The lowest BCUT2D eigenvalue weighted by Gasteiger charge is -2.26. The largest absolute Gasteiger partial charge is 0.495 e. The van der Waals surface area contributed by atoms with E-state index in [1.165, 1.54) is 0 Å². The molecule has 78 valence electrons. The number of methoxy groups -OCH3 is 1. The third kappa shape index (κ3) is 2.23. The minimum Gasteiger partial charge on any atom is -0.495 e.